The summed E-state index contributed by atoms with van der Waals surface area (Å²) in [4.78, 5) is 6.51. The summed E-state index contributed by atoms with van der Waals surface area (Å²) in [5.41, 5.74) is 0. The minimum Gasteiger partial charge on any atom is -0.466 e. The number of furan rings is 1. The summed E-state index contributed by atoms with van der Waals surface area (Å²) in [6.45, 7) is 0.377. The average Bonchev–Trinajstić information content (AvgIpc) is 2.74. The normalized spacial score (nSPS) is 10.0. The van der Waals surface area contributed by atoms with Crippen molar-refractivity contribution < 1.29 is 9.25 Å². The molecule has 61 valence electrons. The molecule has 12 heavy (non-hydrogen) atoms. The lowest BCUT2D eigenvalue weighted by Crippen LogP contribution is -2.10. The third-order valence-corrected chi connectivity index (χ3v) is 1.35. The highest BCUT2D eigenvalue weighted by molar-refractivity contribution is 4.96. The van der Waals surface area contributed by atoms with Crippen molar-refractivity contribution in [1.29, 1.82) is 0 Å². The maximum Gasteiger partial charge on any atom is 0.174 e. The van der Waals surface area contributed by atoms with E-state index in [1.165, 1.54) is 4.85 Å². The summed E-state index contributed by atoms with van der Waals surface area (Å²) >= 11 is 0. The smallest absolute Gasteiger partial charge is 0.174 e. The van der Waals surface area contributed by atoms with E-state index in [-0.39, 0.29) is 0 Å². The maximum absolute atomic E-state index is 5.17. The quantitative estimate of drug-likeness (QED) is 0.675. The van der Waals surface area contributed by atoms with E-state index in [2.05, 4.69) is 11.3 Å². The molecule has 0 bridgehead atoms. The van der Waals surface area contributed by atoms with E-state index in [4.69, 9.17) is 9.25 Å². The zero-order valence-corrected chi connectivity index (χ0v) is 6.30. The summed E-state index contributed by atoms with van der Waals surface area (Å²) in [7, 11) is 0. The van der Waals surface area contributed by atoms with Gasteiger partial charge in [0.1, 0.15) is 12.0 Å². The lowest BCUT2D eigenvalue weighted by Gasteiger charge is -2.00. The topological polar surface area (TPSA) is 40.2 Å². The molecule has 2 heterocycles. The molecule has 1 radical (unpaired) electrons. The molecule has 0 atom stereocenters. The Morgan fingerprint density at radius 2 is 2.67 bits per heavy atom. The van der Waals surface area contributed by atoms with E-state index in [1.807, 2.05) is 12.1 Å². The summed E-state index contributed by atoms with van der Waals surface area (Å²) in [6, 6.07) is 5.32. The van der Waals surface area contributed by atoms with Gasteiger partial charge in [0.05, 0.1) is 12.5 Å². The van der Waals surface area contributed by atoms with Gasteiger partial charge in [0, 0.05) is 0 Å². The standard InChI is InChI=1S/C8H7N2O2/c1-3-8(11-6-1)7-12-10-5-2-4-9-10/h1-3,5-6H,7H2. The van der Waals surface area contributed by atoms with Gasteiger partial charge >= 0.3 is 0 Å². The number of aromatic nitrogens is 2. The van der Waals surface area contributed by atoms with E-state index in [9.17, 15) is 0 Å². The molecule has 0 saturated heterocycles. The SMILES string of the molecule is [c]1ccn(OCc2ccco2)n1. The van der Waals surface area contributed by atoms with Crippen molar-refractivity contribution in [2.24, 2.45) is 0 Å². The summed E-state index contributed by atoms with van der Waals surface area (Å²) in [6.07, 6.45) is 5.89. The predicted molar refractivity (Wildman–Crippen MR) is 40.1 cm³/mol. The average molecular weight is 163 g/mol. The van der Waals surface area contributed by atoms with Crippen LogP contribution in [0.4, 0.5) is 0 Å². The fraction of sp³-hybridized carbons (Fsp3) is 0.125. The van der Waals surface area contributed by atoms with Crippen molar-refractivity contribution in [2.45, 2.75) is 6.61 Å². The number of nitrogens with zero attached hydrogens (tertiary/aromatic N) is 2. The molecule has 0 aliphatic carbocycles. The van der Waals surface area contributed by atoms with Crippen LogP contribution in [0, 0.1) is 6.20 Å². The highest BCUT2D eigenvalue weighted by Gasteiger charge is 1.95. The zero-order valence-electron chi connectivity index (χ0n) is 6.30. The number of hydrogen-bond acceptors (Lipinski definition) is 3. The van der Waals surface area contributed by atoms with E-state index in [0.717, 1.165) is 5.76 Å². The third kappa shape index (κ3) is 1.47. The van der Waals surface area contributed by atoms with Crippen molar-refractivity contribution in [3.8, 4) is 0 Å². The fourth-order valence-corrected chi connectivity index (χ4v) is 0.817. The lowest BCUT2D eigenvalue weighted by atomic mass is 10.5. The highest BCUT2D eigenvalue weighted by Crippen LogP contribution is 1.99. The second-order valence-electron chi connectivity index (χ2n) is 2.20. The zero-order chi connectivity index (χ0) is 8.23. The maximum atomic E-state index is 5.17. The first kappa shape index (κ1) is 6.97. The Labute approximate surface area is 69.3 Å². The number of hydrogen-bond donors (Lipinski definition) is 0. The third-order valence-electron chi connectivity index (χ3n) is 1.35. The van der Waals surface area contributed by atoms with Crippen molar-refractivity contribution in [3.63, 3.8) is 0 Å². The Hall–Kier alpha value is -1.71. The minimum atomic E-state index is 0.377. The molecule has 4 heteroatoms. The minimum absolute atomic E-state index is 0.377. The first-order valence-electron chi connectivity index (χ1n) is 3.52. The Morgan fingerprint density at radius 3 is 3.33 bits per heavy atom. The molecule has 0 saturated carbocycles. The van der Waals surface area contributed by atoms with Crippen LogP contribution >= 0.6 is 0 Å². The Kier molecular flexibility index (Phi) is 1.82. The molecular formula is C8H7N2O2. The molecule has 0 spiro atoms. The van der Waals surface area contributed by atoms with Gasteiger partial charge in [-0.2, -0.15) is 0 Å². The van der Waals surface area contributed by atoms with Gasteiger partial charge < -0.3 is 9.25 Å². The van der Waals surface area contributed by atoms with Crippen molar-refractivity contribution in [1.82, 2.24) is 9.94 Å². The van der Waals surface area contributed by atoms with Crippen LogP contribution in [0.15, 0.2) is 35.1 Å². The molecule has 0 aliphatic heterocycles. The van der Waals surface area contributed by atoms with Crippen molar-refractivity contribution in [2.75, 3.05) is 0 Å². The molecule has 0 unspecified atom stereocenters. The Bertz CT molecular complexity index is 278. The molecular weight excluding hydrogens is 156 g/mol. The van der Waals surface area contributed by atoms with Gasteiger partial charge in [-0.1, -0.05) is 0 Å². The molecule has 4 nitrogen and oxygen atoms in total. The van der Waals surface area contributed by atoms with Gasteiger partial charge in [0.2, 0.25) is 0 Å². The highest BCUT2D eigenvalue weighted by atomic mass is 16.7. The molecule has 2 aromatic heterocycles. The van der Waals surface area contributed by atoms with Crippen LogP contribution in [0.25, 0.3) is 0 Å². The van der Waals surface area contributed by atoms with Gasteiger partial charge in [-0.05, 0) is 18.2 Å². The summed E-state index contributed by atoms with van der Waals surface area (Å²) < 4.78 is 5.06. The van der Waals surface area contributed by atoms with Gasteiger partial charge in [-0.3, -0.25) is 0 Å². The van der Waals surface area contributed by atoms with Crippen molar-refractivity contribution in [3.05, 3.63) is 42.6 Å². The van der Waals surface area contributed by atoms with E-state index in [1.54, 1.807) is 18.5 Å². The van der Waals surface area contributed by atoms with Crippen LogP contribution in [0.1, 0.15) is 5.76 Å². The second kappa shape index (κ2) is 3.13. The van der Waals surface area contributed by atoms with Gasteiger partial charge in [0.15, 0.2) is 6.61 Å². The largest absolute Gasteiger partial charge is 0.466 e. The molecule has 0 aromatic carbocycles. The molecule has 0 fully saturated rings. The molecule has 0 N–H and O–H groups in total. The molecule has 2 aromatic rings. The van der Waals surface area contributed by atoms with Gasteiger partial charge in [-0.25, -0.2) is 0 Å². The lowest BCUT2D eigenvalue weighted by molar-refractivity contribution is 0.0592. The Morgan fingerprint density at radius 1 is 1.67 bits per heavy atom. The predicted octanol–water partition coefficient (Wildman–Crippen LogP) is 0.905. The molecule has 0 aliphatic rings. The Balaban J connectivity index is 1.91. The summed E-state index contributed by atoms with van der Waals surface area (Å²) in [5, 5.41) is 3.74. The number of rotatable bonds is 3. The van der Waals surface area contributed by atoms with Crippen LogP contribution in [0.2, 0.25) is 0 Å². The van der Waals surface area contributed by atoms with Crippen molar-refractivity contribution >= 4 is 0 Å². The first-order chi connectivity index (χ1) is 5.95. The monoisotopic (exact) mass is 163 g/mol. The van der Waals surface area contributed by atoms with Gasteiger partial charge in [-0.15, -0.1) is 9.94 Å². The van der Waals surface area contributed by atoms with Crippen LogP contribution in [-0.2, 0) is 6.61 Å². The molecule has 0 amide bonds. The van der Waals surface area contributed by atoms with Crippen LogP contribution in [0.3, 0.4) is 0 Å². The first-order valence-corrected chi connectivity index (χ1v) is 3.52. The van der Waals surface area contributed by atoms with E-state index in [0.29, 0.717) is 6.61 Å². The van der Waals surface area contributed by atoms with Crippen LogP contribution < -0.4 is 4.84 Å². The summed E-state index contributed by atoms with van der Waals surface area (Å²) in [5.74, 6) is 0.769. The molecule has 2 rings (SSSR count). The van der Waals surface area contributed by atoms with Gasteiger partial charge in [0.25, 0.3) is 0 Å². The van der Waals surface area contributed by atoms with E-state index >= 15 is 0 Å². The van der Waals surface area contributed by atoms with E-state index < -0.39 is 0 Å². The second-order valence-corrected chi connectivity index (χ2v) is 2.20. The fourth-order valence-electron chi connectivity index (χ4n) is 0.817. The van der Waals surface area contributed by atoms with Crippen LogP contribution in [0.5, 0.6) is 0 Å². The van der Waals surface area contributed by atoms with Crippen LogP contribution in [-0.4, -0.2) is 9.94 Å².